The molecule has 26 heavy (non-hydrogen) atoms. The molecule has 2 aromatic rings. The Morgan fingerprint density at radius 2 is 2.04 bits per heavy atom. The van der Waals surface area contributed by atoms with Gasteiger partial charge in [-0.25, -0.2) is 4.98 Å². The van der Waals surface area contributed by atoms with Crippen molar-refractivity contribution in [3.05, 3.63) is 52.2 Å². The van der Waals surface area contributed by atoms with Gasteiger partial charge in [0.25, 0.3) is 5.91 Å². The molecule has 0 saturated carbocycles. The molecule has 1 heterocycles. The summed E-state index contributed by atoms with van der Waals surface area (Å²) in [6.07, 6.45) is -2.35. The Bertz CT molecular complexity index is 884. The second-order valence-electron chi connectivity index (χ2n) is 5.65. The number of ketones is 1. The number of ether oxygens (including phenoxy) is 1. The third-order valence-corrected chi connectivity index (χ3v) is 4.06. The number of halogens is 4. The average Bonchev–Trinajstić information content (AvgIpc) is 2.93. The number of pyridine rings is 1. The lowest BCUT2D eigenvalue weighted by Crippen LogP contribution is -2.20. The largest absolute Gasteiger partial charge is 0.468 e. The lowest BCUT2D eigenvalue weighted by atomic mass is 10.1. The Hall–Kier alpha value is -2.61. The van der Waals surface area contributed by atoms with E-state index < -0.39 is 18.7 Å². The van der Waals surface area contributed by atoms with Gasteiger partial charge in [0.05, 0.1) is 10.7 Å². The van der Waals surface area contributed by atoms with Gasteiger partial charge in [-0.3, -0.25) is 9.59 Å². The van der Waals surface area contributed by atoms with Gasteiger partial charge >= 0.3 is 6.18 Å². The molecule has 0 atom stereocenters. The van der Waals surface area contributed by atoms with Crippen LogP contribution in [0.15, 0.2) is 30.5 Å². The summed E-state index contributed by atoms with van der Waals surface area (Å²) in [5.41, 5.74) is 1.62. The molecule has 1 N–H and O–H groups in total. The zero-order valence-electron chi connectivity index (χ0n) is 13.2. The van der Waals surface area contributed by atoms with Gasteiger partial charge in [0.1, 0.15) is 0 Å². The third-order valence-electron chi connectivity index (χ3n) is 3.74. The number of aromatic nitrogens is 1. The number of anilines is 1. The van der Waals surface area contributed by atoms with Crippen LogP contribution in [0.1, 0.15) is 32.7 Å². The van der Waals surface area contributed by atoms with E-state index in [0.29, 0.717) is 18.4 Å². The summed E-state index contributed by atoms with van der Waals surface area (Å²) >= 11 is 6.13. The van der Waals surface area contributed by atoms with Gasteiger partial charge in [-0.2, -0.15) is 13.2 Å². The quantitative estimate of drug-likeness (QED) is 0.863. The van der Waals surface area contributed by atoms with Gasteiger partial charge < -0.3 is 10.1 Å². The zero-order chi connectivity index (χ0) is 18.9. The number of fused-ring (bicyclic) bond motifs is 1. The molecule has 3 rings (SSSR count). The van der Waals surface area contributed by atoms with E-state index in [1.807, 2.05) is 0 Å². The highest BCUT2D eigenvalue weighted by Crippen LogP contribution is 2.32. The molecule has 9 heteroatoms. The van der Waals surface area contributed by atoms with Crippen molar-refractivity contribution in [3.63, 3.8) is 0 Å². The van der Waals surface area contributed by atoms with Crippen LogP contribution in [0.5, 0.6) is 5.88 Å². The summed E-state index contributed by atoms with van der Waals surface area (Å²) in [7, 11) is 0. The van der Waals surface area contributed by atoms with Gasteiger partial charge in [-0.1, -0.05) is 11.6 Å². The number of hydrogen-bond donors (Lipinski definition) is 1. The minimum atomic E-state index is -4.51. The van der Waals surface area contributed by atoms with E-state index in [1.54, 1.807) is 6.07 Å². The number of amides is 1. The molecule has 1 amide bonds. The topological polar surface area (TPSA) is 68.3 Å². The molecule has 5 nitrogen and oxygen atoms in total. The van der Waals surface area contributed by atoms with E-state index in [-0.39, 0.29) is 27.9 Å². The first-order chi connectivity index (χ1) is 12.2. The van der Waals surface area contributed by atoms with Crippen LogP contribution in [0.3, 0.4) is 0 Å². The highest BCUT2D eigenvalue weighted by molar-refractivity contribution is 6.34. The second kappa shape index (κ2) is 6.95. The third kappa shape index (κ3) is 4.13. The van der Waals surface area contributed by atoms with E-state index in [0.717, 1.165) is 17.8 Å². The van der Waals surface area contributed by atoms with Gasteiger partial charge in [0.15, 0.2) is 12.4 Å². The standard InChI is InChI=1S/C17H12ClF3N2O3/c18-12-5-9-1-2-14(24)11(9)7-13(12)23-16(25)10-3-4-22-15(6-10)26-8-17(19,20)21/h3-7H,1-2,8H2,(H,23,25). The Kier molecular flexibility index (Phi) is 4.86. The highest BCUT2D eigenvalue weighted by atomic mass is 35.5. The average molecular weight is 385 g/mol. The Morgan fingerprint density at radius 3 is 2.77 bits per heavy atom. The van der Waals surface area contributed by atoms with Crippen LogP contribution in [0.4, 0.5) is 18.9 Å². The molecular formula is C17H12ClF3N2O3. The molecule has 0 unspecified atom stereocenters. The van der Waals surface area contributed by atoms with Crippen molar-refractivity contribution in [2.24, 2.45) is 0 Å². The molecule has 136 valence electrons. The van der Waals surface area contributed by atoms with Gasteiger partial charge in [0.2, 0.25) is 5.88 Å². The van der Waals surface area contributed by atoms with Gasteiger partial charge in [-0.05, 0) is 30.2 Å². The molecule has 0 aliphatic heterocycles. The molecule has 1 aliphatic carbocycles. The number of hydrogen-bond acceptors (Lipinski definition) is 4. The van der Waals surface area contributed by atoms with E-state index in [1.165, 1.54) is 12.1 Å². The summed E-state index contributed by atoms with van der Waals surface area (Å²) in [4.78, 5) is 27.8. The normalized spacial score (nSPS) is 13.5. The Labute approximate surface area is 151 Å². The van der Waals surface area contributed by atoms with Crippen molar-refractivity contribution in [1.29, 1.82) is 0 Å². The lowest BCUT2D eigenvalue weighted by molar-refractivity contribution is -0.154. The van der Waals surface area contributed by atoms with Gasteiger partial charge in [0, 0.05) is 29.8 Å². The maximum absolute atomic E-state index is 12.3. The number of aryl methyl sites for hydroxylation is 1. The van der Waals surface area contributed by atoms with Crippen LogP contribution in [0, 0.1) is 0 Å². The van der Waals surface area contributed by atoms with Crippen molar-refractivity contribution in [1.82, 2.24) is 4.98 Å². The smallest absolute Gasteiger partial charge is 0.422 e. The number of benzene rings is 1. The molecule has 0 bridgehead atoms. The van der Waals surface area contributed by atoms with Crippen molar-refractivity contribution >= 4 is 29.0 Å². The van der Waals surface area contributed by atoms with E-state index >= 15 is 0 Å². The fourth-order valence-electron chi connectivity index (χ4n) is 2.54. The van der Waals surface area contributed by atoms with Crippen LogP contribution in [-0.4, -0.2) is 29.5 Å². The summed E-state index contributed by atoms with van der Waals surface area (Å²) < 4.78 is 41.1. The van der Waals surface area contributed by atoms with Crippen LogP contribution in [-0.2, 0) is 6.42 Å². The Morgan fingerprint density at radius 1 is 1.27 bits per heavy atom. The number of carbonyl (C=O) groups excluding carboxylic acids is 2. The Balaban J connectivity index is 1.77. The zero-order valence-corrected chi connectivity index (χ0v) is 13.9. The van der Waals surface area contributed by atoms with Crippen LogP contribution in [0.25, 0.3) is 0 Å². The summed E-state index contributed by atoms with van der Waals surface area (Å²) in [6.45, 7) is -1.51. The summed E-state index contributed by atoms with van der Waals surface area (Å²) in [6, 6.07) is 5.55. The van der Waals surface area contributed by atoms with Gasteiger partial charge in [-0.15, -0.1) is 0 Å². The molecular weight excluding hydrogens is 373 g/mol. The monoisotopic (exact) mass is 384 g/mol. The fraction of sp³-hybridized carbons (Fsp3) is 0.235. The van der Waals surface area contributed by atoms with E-state index in [2.05, 4.69) is 15.0 Å². The van der Waals surface area contributed by atoms with Crippen molar-refractivity contribution in [2.75, 3.05) is 11.9 Å². The lowest BCUT2D eigenvalue weighted by Gasteiger charge is -2.11. The predicted molar refractivity (Wildman–Crippen MR) is 87.8 cm³/mol. The second-order valence-corrected chi connectivity index (χ2v) is 6.06. The first-order valence-corrected chi connectivity index (χ1v) is 7.93. The first-order valence-electron chi connectivity index (χ1n) is 7.55. The van der Waals surface area contributed by atoms with Crippen molar-refractivity contribution < 1.29 is 27.5 Å². The minimum Gasteiger partial charge on any atom is -0.468 e. The fourth-order valence-corrected chi connectivity index (χ4v) is 2.77. The molecule has 1 aromatic carbocycles. The van der Waals surface area contributed by atoms with Crippen LogP contribution in [0.2, 0.25) is 5.02 Å². The summed E-state index contributed by atoms with van der Waals surface area (Å²) in [5.74, 6) is -0.972. The molecule has 1 aliphatic rings. The summed E-state index contributed by atoms with van der Waals surface area (Å²) in [5, 5.41) is 2.82. The molecule has 0 spiro atoms. The van der Waals surface area contributed by atoms with E-state index in [9.17, 15) is 22.8 Å². The maximum Gasteiger partial charge on any atom is 0.422 e. The first kappa shape index (κ1) is 18.2. The number of carbonyl (C=O) groups is 2. The number of alkyl halides is 3. The van der Waals surface area contributed by atoms with Crippen molar-refractivity contribution in [3.8, 4) is 5.88 Å². The number of nitrogens with one attached hydrogen (secondary N) is 1. The molecule has 0 saturated heterocycles. The molecule has 0 fully saturated rings. The van der Waals surface area contributed by atoms with Crippen molar-refractivity contribution in [2.45, 2.75) is 19.0 Å². The predicted octanol–water partition coefficient (Wildman–Crippen LogP) is 4.06. The SMILES string of the molecule is O=C(Nc1cc2c(cc1Cl)CCC2=O)c1ccnc(OCC(F)(F)F)c1. The highest BCUT2D eigenvalue weighted by Gasteiger charge is 2.29. The van der Waals surface area contributed by atoms with Crippen LogP contribution >= 0.6 is 11.6 Å². The number of nitrogens with zero attached hydrogens (tertiary/aromatic N) is 1. The van der Waals surface area contributed by atoms with E-state index in [4.69, 9.17) is 11.6 Å². The number of Topliss-reactive ketones (excluding diaryl/α,β-unsaturated/α-hetero) is 1. The van der Waals surface area contributed by atoms with Crippen LogP contribution < -0.4 is 10.1 Å². The molecule has 0 radical (unpaired) electrons. The molecule has 1 aromatic heterocycles. The maximum atomic E-state index is 12.3. The number of rotatable bonds is 4. The minimum absolute atomic E-state index is 0.0288.